The zero-order valence-corrected chi connectivity index (χ0v) is 11.3. The highest BCUT2D eigenvalue weighted by atomic mass is 35.5. The molecule has 0 saturated carbocycles. The van der Waals surface area contributed by atoms with Crippen LogP contribution in [0.4, 0.5) is 0 Å². The average Bonchev–Trinajstić information content (AvgIpc) is 2.37. The summed E-state index contributed by atoms with van der Waals surface area (Å²) in [5.41, 5.74) is -0.414. The molecular weight excluding hydrogens is 270 g/mol. The molecule has 0 bridgehead atoms. The van der Waals surface area contributed by atoms with Gasteiger partial charge in [-0.3, -0.25) is 9.36 Å². The number of aromatic hydroxyl groups is 2. The lowest BCUT2D eigenvalue weighted by Crippen LogP contribution is -2.26. The van der Waals surface area contributed by atoms with Crippen LogP contribution in [0.1, 0.15) is 12.7 Å². The number of aromatic nitrogens is 2. The largest absolute Gasteiger partial charge is 0.507 e. The summed E-state index contributed by atoms with van der Waals surface area (Å²) < 4.78 is 1.33. The second-order valence-electron chi connectivity index (χ2n) is 4.12. The van der Waals surface area contributed by atoms with Crippen molar-refractivity contribution in [1.29, 1.82) is 0 Å². The van der Waals surface area contributed by atoms with Crippen LogP contribution in [0, 0.1) is 0 Å². The Kier molecular flexibility index (Phi) is 3.64. The first-order valence-electron chi connectivity index (χ1n) is 5.78. The van der Waals surface area contributed by atoms with Gasteiger partial charge in [0.05, 0.1) is 11.6 Å². The smallest absolute Gasteiger partial charge is 0.265 e. The normalized spacial score (nSPS) is 11.1. The van der Waals surface area contributed by atoms with E-state index in [1.807, 2.05) is 6.92 Å². The van der Waals surface area contributed by atoms with E-state index in [1.165, 1.54) is 4.57 Å². The van der Waals surface area contributed by atoms with Crippen molar-refractivity contribution in [3.05, 3.63) is 27.3 Å². The van der Waals surface area contributed by atoms with Crippen LogP contribution in [0.15, 0.2) is 10.9 Å². The van der Waals surface area contributed by atoms with Gasteiger partial charge in [0.2, 0.25) is 0 Å². The zero-order chi connectivity index (χ0) is 14.2. The number of phenols is 2. The minimum atomic E-state index is -0.428. The summed E-state index contributed by atoms with van der Waals surface area (Å²) in [6.07, 6.45) is 0. The summed E-state index contributed by atoms with van der Waals surface area (Å²) >= 11 is 5.77. The Bertz CT molecular complexity index is 697. The van der Waals surface area contributed by atoms with Crippen LogP contribution in [0.3, 0.4) is 0 Å². The Hall–Kier alpha value is -1.79. The highest BCUT2D eigenvalue weighted by Gasteiger charge is 2.17. The van der Waals surface area contributed by atoms with Crippen molar-refractivity contribution in [2.75, 3.05) is 6.54 Å². The molecule has 7 heteroatoms. The fourth-order valence-electron chi connectivity index (χ4n) is 1.82. The third kappa shape index (κ3) is 2.24. The predicted molar refractivity (Wildman–Crippen MR) is 72.7 cm³/mol. The quantitative estimate of drug-likeness (QED) is 0.735. The fraction of sp³-hybridized carbons (Fsp3) is 0.333. The van der Waals surface area contributed by atoms with Crippen LogP contribution >= 0.6 is 11.6 Å². The molecule has 0 spiro atoms. The maximum absolute atomic E-state index is 12.2. The van der Waals surface area contributed by atoms with E-state index in [0.29, 0.717) is 12.4 Å². The number of nitrogens with zero attached hydrogens (tertiary/aromatic N) is 2. The summed E-state index contributed by atoms with van der Waals surface area (Å²) in [6.45, 7) is 3.03. The van der Waals surface area contributed by atoms with E-state index in [9.17, 15) is 15.0 Å². The number of hydrogen-bond acceptors (Lipinski definition) is 5. The minimum absolute atomic E-state index is 0.0148. The van der Waals surface area contributed by atoms with Gasteiger partial charge in [0, 0.05) is 13.1 Å². The summed E-state index contributed by atoms with van der Waals surface area (Å²) in [6, 6.07) is 1.13. The standard InChI is InChI=1S/C12H14ClN3O3/c1-3-14-5-8-15-10-9(12(19)16(8)2)7(17)4-6(13)11(10)18/h4,14,17-18H,3,5H2,1-2H3. The third-order valence-electron chi connectivity index (χ3n) is 2.89. The second-order valence-corrected chi connectivity index (χ2v) is 4.53. The molecule has 1 aromatic carbocycles. The van der Waals surface area contributed by atoms with Gasteiger partial charge in [0.1, 0.15) is 22.5 Å². The topological polar surface area (TPSA) is 87.4 Å². The first-order valence-corrected chi connectivity index (χ1v) is 6.16. The Labute approximate surface area is 114 Å². The number of nitrogens with one attached hydrogen (secondary N) is 1. The molecule has 0 saturated heterocycles. The Morgan fingerprint density at radius 1 is 1.47 bits per heavy atom. The van der Waals surface area contributed by atoms with Crippen LogP contribution in [-0.4, -0.2) is 26.3 Å². The van der Waals surface area contributed by atoms with Crippen molar-refractivity contribution in [3.8, 4) is 11.5 Å². The molecule has 0 aliphatic heterocycles. The van der Waals surface area contributed by atoms with Gasteiger partial charge in [-0.15, -0.1) is 0 Å². The predicted octanol–water partition coefficient (Wildman–Crippen LogP) is 1.11. The van der Waals surface area contributed by atoms with Gasteiger partial charge >= 0.3 is 0 Å². The highest BCUT2D eigenvalue weighted by Crippen LogP contribution is 2.35. The molecule has 0 atom stereocenters. The Morgan fingerprint density at radius 3 is 2.79 bits per heavy atom. The van der Waals surface area contributed by atoms with Gasteiger partial charge in [0.25, 0.3) is 5.56 Å². The van der Waals surface area contributed by atoms with E-state index in [4.69, 9.17) is 11.6 Å². The van der Waals surface area contributed by atoms with E-state index in [-0.39, 0.29) is 27.4 Å². The van der Waals surface area contributed by atoms with E-state index in [1.54, 1.807) is 7.05 Å². The summed E-state index contributed by atoms with van der Waals surface area (Å²) in [7, 11) is 1.56. The van der Waals surface area contributed by atoms with Crippen LogP contribution in [0.5, 0.6) is 11.5 Å². The Morgan fingerprint density at radius 2 is 2.16 bits per heavy atom. The maximum Gasteiger partial charge on any atom is 0.265 e. The number of fused-ring (bicyclic) bond motifs is 1. The van der Waals surface area contributed by atoms with Gasteiger partial charge in [-0.1, -0.05) is 18.5 Å². The lowest BCUT2D eigenvalue weighted by molar-refractivity contribution is 0.467. The van der Waals surface area contributed by atoms with Gasteiger partial charge in [-0.05, 0) is 6.54 Å². The van der Waals surface area contributed by atoms with E-state index in [0.717, 1.165) is 12.6 Å². The van der Waals surface area contributed by atoms with Crippen LogP contribution in [-0.2, 0) is 13.6 Å². The Balaban J connectivity index is 2.81. The lowest BCUT2D eigenvalue weighted by Gasteiger charge is -2.11. The molecule has 2 aromatic rings. The molecule has 6 nitrogen and oxygen atoms in total. The molecule has 0 aliphatic carbocycles. The molecule has 102 valence electrons. The molecule has 19 heavy (non-hydrogen) atoms. The van der Waals surface area contributed by atoms with Gasteiger partial charge in [0.15, 0.2) is 5.75 Å². The molecular formula is C12H14ClN3O3. The summed E-state index contributed by atoms with van der Waals surface area (Å²) in [4.78, 5) is 16.4. The van der Waals surface area contributed by atoms with Crippen LogP contribution in [0.25, 0.3) is 10.9 Å². The first kappa shape index (κ1) is 13.6. The number of phenolic OH excluding ortho intramolecular Hbond substituents is 2. The SMILES string of the molecule is CCNCc1nc2c(O)c(Cl)cc(O)c2c(=O)n1C. The minimum Gasteiger partial charge on any atom is -0.507 e. The molecule has 2 rings (SSSR count). The van der Waals surface area contributed by atoms with Crippen LogP contribution in [0.2, 0.25) is 5.02 Å². The maximum atomic E-state index is 12.2. The monoisotopic (exact) mass is 283 g/mol. The third-order valence-corrected chi connectivity index (χ3v) is 3.17. The number of halogens is 1. The molecule has 3 N–H and O–H groups in total. The highest BCUT2D eigenvalue weighted by molar-refractivity contribution is 6.33. The molecule has 1 heterocycles. The van der Waals surface area contributed by atoms with Gasteiger partial charge < -0.3 is 15.5 Å². The molecule has 0 aliphatic rings. The van der Waals surface area contributed by atoms with Crippen LogP contribution < -0.4 is 10.9 Å². The van der Waals surface area contributed by atoms with E-state index < -0.39 is 5.56 Å². The zero-order valence-electron chi connectivity index (χ0n) is 10.6. The van der Waals surface area contributed by atoms with Crippen molar-refractivity contribution < 1.29 is 10.2 Å². The summed E-state index contributed by atoms with van der Waals surface area (Å²) in [5.74, 6) is -0.137. The van der Waals surface area contributed by atoms with Crippen molar-refractivity contribution in [1.82, 2.24) is 14.9 Å². The van der Waals surface area contributed by atoms with E-state index in [2.05, 4.69) is 10.3 Å². The van der Waals surface area contributed by atoms with Gasteiger partial charge in [-0.25, -0.2) is 4.98 Å². The fourth-order valence-corrected chi connectivity index (χ4v) is 2.01. The molecule has 0 amide bonds. The van der Waals surface area contributed by atoms with Gasteiger partial charge in [-0.2, -0.15) is 0 Å². The average molecular weight is 284 g/mol. The molecule has 0 radical (unpaired) electrons. The molecule has 0 unspecified atom stereocenters. The number of benzene rings is 1. The van der Waals surface area contributed by atoms with Crippen molar-refractivity contribution in [3.63, 3.8) is 0 Å². The number of rotatable bonds is 3. The van der Waals surface area contributed by atoms with Crippen molar-refractivity contribution in [2.45, 2.75) is 13.5 Å². The van der Waals surface area contributed by atoms with Crippen molar-refractivity contribution >= 4 is 22.5 Å². The second kappa shape index (κ2) is 5.07. The molecule has 0 fully saturated rings. The molecule has 1 aromatic heterocycles. The summed E-state index contributed by atoms with van der Waals surface area (Å²) in [5, 5.41) is 22.6. The van der Waals surface area contributed by atoms with E-state index >= 15 is 0 Å². The first-order chi connectivity index (χ1) is 8.97. The van der Waals surface area contributed by atoms with Crippen molar-refractivity contribution in [2.24, 2.45) is 7.05 Å². The number of hydrogen-bond donors (Lipinski definition) is 3. The lowest BCUT2D eigenvalue weighted by atomic mass is 10.2.